The van der Waals surface area contributed by atoms with Gasteiger partial charge >= 0.3 is 0 Å². The topological polar surface area (TPSA) is 32.3 Å². The minimum Gasteiger partial charge on any atom is -0.508 e. The van der Waals surface area contributed by atoms with Crippen molar-refractivity contribution in [3.63, 3.8) is 0 Å². The number of aromatic hydroxyl groups is 1. The van der Waals surface area contributed by atoms with Crippen LogP contribution < -0.4 is 5.32 Å². The van der Waals surface area contributed by atoms with Gasteiger partial charge in [0.05, 0.1) is 0 Å². The summed E-state index contributed by atoms with van der Waals surface area (Å²) in [5.74, 6) is 0.283. The monoisotopic (exact) mass is 269 g/mol. The van der Waals surface area contributed by atoms with Crippen molar-refractivity contribution >= 4 is 33.7 Å². The van der Waals surface area contributed by atoms with Crippen LogP contribution in [-0.4, -0.2) is 5.11 Å². The zero-order valence-corrected chi connectivity index (χ0v) is 10.9. The quantitative estimate of drug-likeness (QED) is 0.690. The lowest BCUT2D eigenvalue weighted by atomic mass is 10.1. The molecule has 0 unspecified atom stereocenters. The number of phenols is 1. The summed E-state index contributed by atoms with van der Waals surface area (Å²) in [6.45, 7) is 0. The van der Waals surface area contributed by atoms with E-state index in [-0.39, 0.29) is 5.75 Å². The molecule has 0 aliphatic heterocycles. The van der Waals surface area contributed by atoms with Gasteiger partial charge in [-0.1, -0.05) is 23.7 Å². The Balaban J connectivity index is 1.93. The summed E-state index contributed by atoms with van der Waals surface area (Å²) in [7, 11) is 0. The van der Waals surface area contributed by atoms with Gasteiger partial charge in [0.1, 0.15) is 5.75 Å². The Morgan fingerprint density at radius 1 is 0.737 bits per heavy atom. The number of rotatable bonds is 2. The van der Waals surface area contributed by atoms with Crippen molar-refractivity contribution in [3.8, 4) is 5.75 Å². The van der Waals surface area contributed by atoms with Gasteiger partial charge in [-0.2, -0.15) is 0 Å². The van der Waals surface area contributed by atoms with Crippen LogP contribution in [0.1, 0.15) is 0 Å². The van der Waals surface area contributed by atoms with Crippen molar-refractivity contribution in [1.29, 1.82) is 0 Å². The molecular formula is C16H12ClNO. The maximum atomic E-state index is 9.43. The molecule has 2 nitrogen and oxygen atoms in total. The van der Waals surface area contributed by atoms with Crippen molar-refractivity contribution in [3.05, 3.63) is 65.7 Å². The van der Waals surface area contributed by atoms with Gasteiger partial charge in [0, 0.05) is 16.4 Å². The second-order valence-electron chi connectivity index (χ2n) is 4.38. The molecule has 3 aromatic carbocycles. The Morgan fingerprint density at radius 2 is 1.37 bits per heavy atom. The number of nitrogens with one attached hydrogen (secondary N) is 1. The first-order valence-corrected chi connectivity index (χ1v) is 6.34. The normalized spacial score (nSPS) is 10.6. The van der Waals surface area contributed by atoms with E-state index in [4.69, 9.17) is 11.6 Å². The van der Waals surface area contributed by atoms with Crippen LogP contribution in [0.3, 0.4) is 0 Å². The maximum absolute atomic E-state index is 9.43. The number of phenolic OH excluding ortho intramolecular Hbond substituents is 1. The highest BCUT2D eigenvalue weighted by Gasteiger charge is 1.99. The molecule has 0 saturated carbocycles. The third-order valence-electron chi connectivity index (χ3n) is 2.96. The third kappa shape index (κ3) is 2.64. The molecule has 0 aromatic heterocycles. The summed E-state index contributed by atoms with van der Waals surface area (Å²) >= 11 is 5.86. The van der Waals surface area contributed by atoms with Crippen molar-refractivity contribution in [1.82, 2.24) is 0 Å². The second-order valence-corrected chi connectivity index (χ2v) is 4.81. The molecule has 3 rings (SSSR count). The van der Waals surface area contributed by atoms with Crippen LogP contribution in [0.4, 0.5) is 11.4 Å². The highest BCUT2D eigenvalue weighted by Crippen LogP contribution is 2.25. The number of benzene rings is 3. The SMILES string of the molecule is Oc1ccc2cc(Nc3ccc(Cl)cc3)ccc2c1. The average Bonchev–Trinajstić information content (AvgIpc) is 2.42. The molecule has 0 atom stereocenters. The summed E-state index contributed by atoms with van der Waals surface area (Å²) < 4.78 is 0. The van der Waals surface area contributed by atoms with Crippen LogP contribution in [0.15, 0.2) is 60.7 Å². The molecular weight excluding hydrogens is 258 g/mol. The van der Waals surface area contributed by atoms with Crippen molar-refractivity contribution in [2.24, 2.45) is 0 Å². The fourth-order valence-electron chi connectivity index (χ4n) is 2.01. The Bertz CT molecular complexity index is 722. The van der Waals surface area contributed by atoms with E-state index < -0.39 is 0 Å². The van der Waals surface area contributed by atoms with Crippen molar-refractivity contribution in [2.45, 2.75) is 0 Å². The van der Waals surface area contributed by atoms with Gasteiger partial charge in [-0.05, 0) is 59.3 Å². The van der Waals surface area contributed by atoms with Crippen LogP contribution in [-0.2, 0) is 0 Å². The number of hydrogen-bond donors (Lipinski definition) is 2. The summed E-state index contributed by atoms with van der Waals surface area (Å²) in [6, 6.07) is 18.9. The van der Waals surface area contributed by atoms with Gasteiger partial charge < -0.3 is 10.4 Å². The van der Waals surface area contributed by atoms with E-state index in [0.29, 0.717) is 0 Å². The molecule has 0 spiro atoms. The van der Waals surface area contributed by atoms with Gasteiger partial charge in [0.15, 0.2) is 0 Å². The standard InChI is InChI=1S/C16H12ClNO/c17-13-3-6-14(7-4-13)18-15-5-1-12-10-16(19)8-2-11(12)9-15/h1-10,18-19H. The smallest absolute Gasteiger partial charge is 0.116 e. The molecule has 0 aliphatic rings. The lowest BCUT2D eigenvalue weighted by molar-refractivity contribution is 0.476. The molecule has 0 radical (unpaired) electrons. The molecule has 3 aromatic rings. The Labute approximate surface area is 116 Å². The summed E-state index contributed by atoms with van der Waals surface area (Å²) in [5, 5.41) is 15.6. The van der Waals surface area contributed by atoms with E-state index in [1.165, 1.54) is 0 Å². The first-order chi connectivity index (χ1) is 9.20. The number of anilines is 2. The predicted octanol–water partition coefficient (Wildman–Crippen LogP) is 4.94. The van der Waals surface area contributed by atoms with Crippen LogP contribution in [0, 0.1) is 0 Å². The van der Waals surface area contributed by atoms with Gasteiger partial charge in [-0.25, -0.2) is 0 Å². The van der Waals surface area contributed by atoms with E-state index in [9.17, 15) is 5.11 Å². The van der Waals surface area contributed by atoms with E-state index >= 15 is 0 Å². The molecule has 94 valence electrons. The first kappa shape index (κ1) is 11.9. The van der Waals surface area contributed by atoms with Gasteiger partial charge in [0.2, 0.25) is 0 Å². The van der Waals surface area contributed by atoms with E-state index in [1.807, 2.05) is 48.5 Å². The molecule has 0 saturated heterocycles. The van der Waals surface area contributed by atoms with Gasteiger partial charge in [0.25, 0.3) is 0 Å². The maximum Gasteiger partial charge on any atom is 0.116 e. The first-order valence-electron chi connectivity index (χ1n) is 5.96. The lowest BCUT2D eigenvalue weighted by Crippen LogP contribution is -1.89. The molecule has 0 bridgehead atoms. The molecule has 0 heterocycles. The highest BCUT2D eigenvalue weighted by atomic mass is 35.5. The van der Waals surface area contributed by atoms with Crippen molar-refractivity contribution in [2.75, 3.05) is 5.32 Å². The van der Waals surface area contributed by atoms with Gasteiger partial charge in [-0.15, -0.1) is 0 Å². The number of halogens is 1. The summed E-state index contributed by atoms with van der Waals surface area (Å²) in [5.41, 5.74) is 1.99. The van der Waals surface area contributed by atoms with Crippen molar-refractivity contribution < 1.29 is 5.11 Å². The van der Waals surface area contributed by atoms with Crippen LogP contribution in [0.2, 0.25) is 5.02 Å². The van der Waals surface area contributed by atoms with E-state index in [1.54, 1.807) is 12.1 Å². The Morgan fingerprint density at radius 3 is 2.16 bits per heavy atom. The zero-order chi connectivity index (χ0) is 13.2. The van der Waals surface area contributed by atoms with Crippen LogP contribution in [0.5, 0.6) is 5.75 Å². The molecule has 3 heteroatoms. The predicted molar refractivity (Wildman–Crippen MR) is 80.3 cm³/mol. The Hall–Kier alpha value is -2.19. The Kier molecular flexibility index (Phi) is 3.02. The largest absolute Gasteiger partial charge is 0.508 e. The van der Waals surface area contributed by atoms with Gasteiger partial charge in [-0.3, -0.25) is 0 Å². The molecule has 2 N–H and O–H groups in total. The van der Waals surface area contributed by atoms with E-state index in [0.717, 1.165) is 27.2 Å². The molecule has 0 amide bonds. The highest BCUT2D eigenvalue weighted by molar-refractivity contribution is 6.30. The second kappa shape index (κ2) is 4.82. The number of fused-ring (bicyclic) bond motifs is 1. The van der Waals surface area contributed by atoms with Crippen LogP contribution >= 0.6 is 11.6 Å². The molecule has 19 heavy (non-hydrogen) atoms. The molecule has 0 fully saturated rings. The molecule has 0 aliphatic carbocycles. The fraction of sp³-hybridized carbons (Fsp3) is 0. The zero-order valence-electron chi connectivity index (χ0n) is 10.1. The summed E-state index contributed by atoms with van der Waals surface area (Å²) in [4.78, 5) is 0. The number of hydrogen-bond acceptors (Lipinski definition) is 2. The van der Waals surface area contributed by atoms with Crippen LogP contribution in [0.25, 0.3) is 10.8 Å². The minimum absolute atomic E-state index is 0.283. The summed E-state index contributed by atoms with van der Waals surface area (Å²) in [6.07, 6.45) is 0. The third-order valence-corrected chi connectivity index (χ3v) is 3.21. The minimum atomic E-state index is 0.283. The van der Waals surface area contributed by atoms with E-state index in [2.05, 4.69) is 5.32 Å². The average molecular weight is 270 g/mol. The fourth-order valence-corrected chi connectivity index (χ4v) is 2.14. The lowest BCUT2D eigenvalue weighted by Gasteiger charge is -2.08.